The van der Waals surface area contributed by atoms with Gasteiger partial charge in [0.1, 0.15) is 23.9 Å². The van der Waals surface area contributed by atoms with Crippen LogP contribution in [-0.4, -0.2) is 22.8 Å². The second kappa shape index (κ2) is 6.38. The Labute approximate surface area is 138 Å². The van der Waals surface area contributed by atoms with Crippen LogP contribution in [0.5, 0.6) is 17.2 Å². The lowest BCUT2D eigenvalue weighted by Crippen LogP contribution is -2.07. The van der Waals surface area contributed by atoms with E-state index in [4.69, 9.17) is 26.2 Å². The predicted octanol–water partition coefficient (Wildman–Crippen LogP) is 3.58. The first kappa shape index (κ1) is 15.5. The summed E-state index contributed by atoms with van der Waals surface area (Å²) in [7, 11) is 0. The quantitative estimate of drug-likeness (QED) is 0.874. The van der Waals surface area contributed by atoms with Crippen LogP contribution in [0.4, 0.5) is 0 Å². The maximum Gasteiger partial charge on any atom is 0.304 e. The fourth-order valence-electron chi connectivity index (χ4n) is 2.55. The average molecular weight is 335 g/mol. The SMILES string of the molecule is O=C(O)CC1COc2cc(OCc3ccc(Cl)cc3O)ccc21. The van der Waals surface area contributed by atoms with Crippen molar-refractivity contribution in [3.05, 3.63) is 52.5 Å². The Bertz CT molecular complexity index is 744. The van der Waals surface area contributed by atoms with Crippen LogP contribution in [0.25, 0.3) is 0 Å². The van der Waals surface area contributed by atoms with Crippen molar-refractivity contribution in [3.63, 3.8) is 0 Å². The molecule has 120 valence electrons. The number of phenols is 1. The summed E-state index contributed by atoms with van der Waals surface area (Å²) in [5.74, 6) is 0.349. The van der Waals surface area contributed by atoms with E-state index < -0.39 is 5.97 Å². The van der Waals surface area contributed by atoms with Crippen molar-refractivity contribution in [2.45, 2.75) is 18.9 Å². The summed E-state index contributed by atoms with van der Waals surface area (Å²) in [6.45, 7) is 0.559. The molecule has 0 bridgehead atoms. The summed E-state index contributed by atoms with van der Waals surface area (Å²) in [5.41, 5.74) is 1.51. The average Bonchev–Trinajstić information content (AvgIpc) is 2.88. The third kappa shape index (κ3) is 3.51. The molecular weight excluding hydrogens is 320 g/mol. The minimum Gasteiger partial charge on any atom is -0.507 e. The molecule has 2 N–H and O–H groups in total. The number of rotatable bonds is 5. The topological polar surface area (TPSA) is 76.0 Å². The Kier molecular flexibility index (Phi) is 4.30. The van der Waals surface area contributed by atoms with Crippen molar-refractivity contribution in [1.29, 1.82) is 0 Å². The van der Waals surface area contributed by atoms with Gasteiger partial charge >= 0.3 is 5.97 Å². The van der Waals surface area contributed by atoms with Gasteiger partial charge in [0.2, 0.25) is 0 Å². The first-order chi connectivity index (χ1) is 11.0. The minimum atomic E-state index is -0.843. The van der Waals surface area contributed by atoms with Gasteiger partial charge in [-0.15, -0.1) is 0 Å². The summed E-state index contributed by atoms with van der Waals surface area (Å²) in [6, 6.07) is 10.2. The molecule has 0 radical (unpaired) electrons. The lowest BCUT2D eigenvalue weighted by molar-refractivity contribution is -0.137. The van der Waals surface area contributed by atoms with Gasteiger partial charge in [0, 0.05) is 28.1 Å². The van der Waals surface area contributed by atoms with E-state index in [1.54, 1.807) is 24.3 Å². The zero-order chi connectivity index (χ0) is 16.4. The van der Waals surface area contributed by atoms with Gasteiger partial charge in [-0.1, -0.05) is 23.7 Å². The van der Waals surface area contributed by atoms with E-state index in [1.807, 2.05) is 6.07 Å². The molecule has 1 unspecified atom stereocenters. The first-order valence-electron chi connectivity index (χ1n) is 7.11. The van der Waals surface area contributed by atoms with Crippen LogP contribution < -0.4 is 9.47 Å². The van der Waals surface area contributed by atoms with Gasteiger partial charge in [0.05, 0.1) is 13.0 Å². The van der Waals surface area contributed by atoms with Gasteiger partial charge in [0.15, 0.2) is 0 Å². The normalized spacial score (nSPS) is 15.8. The molecule has 5 nitrogen and oxygen atoms in total. The maximum absolute atomic E-state index is 10.8. The molecule has 0 saturated carbocycles. The van der Waals surface area contributed by atoms with Crippen LogP contribution in [0.3, 0.4) is 0 Å². The fraction of sp³-hybridized carbons (Fsp3) is 0.235. The number of hydrogen-bond donors (Lipinski definition) is 2. The second-order valence-electron chi connectivity index (χ2n) is 5.37. The molecule has 0 amide bonds. The number of phenolic OH excluding ortho intramolecular Hbond substituents is 1. The number of aromatic hydroxyl groups is 1. The van der Waals surface area contributed by atoms with Gasteiger partial charge in [-0.25, -0.2) is 0 Å². The number of carboxylic acid groups (broad SMARTS) is 1. The molecule has 1 aliphatic heterocycles. The molecule has 2 aromatic rings. The van der Waals surface area contributed by atoms with Gasteiger partial charge in [0.25, 0.3) is 0 Å². The highest BCUT2D eigenvalue weighted by molar-refractivity contribution is 6.30. The highest BCUT2D eigenvalue weighted by Gasteiger charge is 2.26. The zero-order valence-corrected chi connectivity index (χ0v) is 12.9. The van der Waals surface area contributed by atoms with Crippen molar-refractivity contribution < 1.29 is 24.5 Å². The molecule has 3 rings (SSSR count). The van der Waals surface area contributed by atoms with Crippen LogP contribution in [0.2, 0.25) is 5.02 Å². The number of carbonyl (C=O) groups is 1. The number of carboxylic acids is 1. The molecule has 0 fully saturated rings. The number of halogens is 1. The largest absolute Gasteiger partial charge is 0.507 e. The molecule has 1 heterocycles. The molecule has 0 aliphatic carbocycles. The Hall–Kier alpha value is -2.40. The second-order valence-corrected chi connectivity index (χ2v) is 5.80. The van der Waals surface area contributed by atoms with Crippen LogP contribution >= 0.6 is 11.6 Å². The molecule has 2 aromatic carbocycles. The number of aliphatic carboxylic acids is 1. The van der Waals surface area contributed by atoms with E-state index in [9.17, 15) is 9.90 Å². The summed E-state index contributed by atoms with van der Waals surface area (Å²) >= 11 is 5.79. The van der Waals surface area contributed by atoms with Crippen molar-refractivity contribution in [1.82, 2.24) is 0 Å². The summed E-state index contributed by atoms with van der Waals surface area (Å²) in [6.07, 6.45) is 0.0475. The lowest BCUT2D eigenvalue weighted by Gasteiger charge is -2.10. The number of ether oxygens (including phenoxy) is 2. The smallest absolute Gasteiger partial charge is 0.304 e. The molecule has 6 heteroatoms. The maximum atomic E-state index is 10.8. The number of fused-ring (bicyclic) bond motifs is 1. The molecule has 23 heavy (non-hydrogen) atoms. The van der Waals surface area contributed by atoms with Crippen molar-refractivity contribution in [3.8, 4) is 17.2 Å². The molecule has 0 aromatic heterocycles. The van der Waals surface area contributed by atoms with Crippen LogP contribution in [-0.2, 0) is 11.4 Å². The van der Waals surface area contributed by atoms with Gasteiger partial charge in [-0.3, -0.25) is 4.79 Å². The minimum absolute atomic E-state index is 0.0475. The molecule has 0 spiro atoms. The van der Waals surface area contributed by atoms with Crippen LogP contribution in [0, 0.1) is 0 Å². The zero-order valence-electron chi connectivity index (χ0n) is 12.2. The lowest BCUT2D eigenvalue weighted by atomic mass is 9.98. The molecular formula is C17H15ClO5. The van der Waals surface area contributed by atoms with E-state index in [2.05, 4.69) is 0 Å². The third-order valence-electron chi connectivity index (χ3n) is 3.73. The summed E-state index contributed by atoms with van der Waals surface area (Å²) in [4.78, 5) is 10.8. The summed E-state index contributed by atoms with van der Waals surface area (Å²) in [5, 5.41) is 19.2. The molecule has 1 atom stereocenters. The molecule has 1 aliphatic rings. The predicted molar refractivity (Wildman–Crippen MR) is 84.4 cm³/mol. The Morgan fingerprint density at radius 1 is 1.30 bits per heavy atom. The number of benzene rings is 2. The van der Waals surface area contributed by atoms with E-state index in [-0.39, 0.29) is 24.7 Å². The highest BCUT2D eigenvalue weighted by atomic mass is 35.5. The first-order valence-corrected chi connectivity index (χ1v) is 7.49. The van der Waals surface area contributed by atoms with Crippen molar-refractivity contribution >= 4 is 17.6 Å². The standard InChI is InChI=1S/C17H15ClO5/c18-12-2-1-10(15(19)6-12)8-22-13-3-4-14-11(5-17(20)21)9-23-16(14)7-13/h1-4,6-7,11,19H,5,8-9H2,(H,20,21). The van der Waals surface area contributed by atoms with Crippen LogP contribution in [0.15, 0.2) is 36.4 Å². The van der Waals surface area contributed by atoms with Gasteiger partial charge < -0.3 is 19.7 Å². The van der Waals surface area contributed by atoms with Crippen molar-refractivity contribution in [2.75, 3.05) is 6.61 Å². The third-order valence-corrected chi connectivity index (χ3v) is 3.96. The van der Waals surface area contributed by atoms with E-state index in [1.165, 1.54) is 6.07 Å². The Morgan fingerprint density at radius 3 is 2.87 bits per heavy atom. The number of hydrogen-bond acceptors (Lipinski definition) is 4. The van der Waals surface area contributed by atoms with Gasteiger partial charge in [-0.05, 0) is 18.2 Å². The highest BCUT2D eigenvalue weighted by Crippen LogP contribution is 2.38. The van der Waals surface area contributed by atoms with E-state index >= 15 is 0 Å². The van der Waals surface area contributed by atoms with Crippen molar-refractivity contribution in [2.24, 2.45) is 0 Å². The Balaban J connectivity index is 1.69. The summed E-state index contributed by atoms with van der Waals surface area (Å²) < 4.78 is 11.2. The van der Waals surface area contributed by atoms with Gasteiger partial charge in [-0.2, -0.15) is 0 Å². The monoisotopic (exact) mass is 334 g/mol. The fourth-order valence-corrected chi connectivity index (χ4v) is 2.71. The van der Waals surface area contributed by atoms with E-state index in [0.29, 0.717) is 28.7 Å². The molecule has 0 saturated heterocycles. The van der Waals surface area contributed by atoms with Crippen LogP contribution in [0.1, 0.15) is 23.5 Å². The Morgan fingerprint density at radius 2 is 2.13 bits per heavy atom. The van der Waals surface area contributed by atoms with E-state index in [0.717, 1.165) is 5.56 Å².